The molecular weight excluding hydrogens is 407 g/mol. The molecule has 3 aromatic rings. The van der Waals surface area contributed by atoms with E-state index in [1.165, 1.54) is 12.1 Å². The Hall–Kier alpha value is -3.18. The Kier molecular flexibility index (Phi) is 7.17. The summed E-state index contributed by atoms with van der Waals surface area (Å²) in [6, 6.07) is 22.4. The molecule has 2 atom stereocenters. The molecule has 0 spiro atoms. The third-order valence-corrected chi connectivity index (χ3v) is 5.64. The van der Waals surface area contributed by atoms with Crippen LogP contribution in [0.5, 0.6) is 5.75 Å². The molecule has 0 aliphatic carbocycles. The first-order chi connectivity index (χ1) is 15.6. The van der Waals surface area contributed by atoms with E-state index < -0.39 is 0 Å². The second-order valence-electron chi connectivity index (χ2n) is 7.90. The fourth-order valence-corrected chi connectivity index (χ4v) is 3.95. The number of carbonyl (C=O) groups excluding carboxylic acids is 1. The maximum atomic E-state index is 14.2. The SMILES string of the molecule is CCOC(=O)C1CCOC(c2ccc(-c3cc(F)cc(OCc4ccccc4)c3)cc2)C1. The minimum atomic E-state index is -0.345. The van der Waals surface area contributed by atoms with Crippen LogP contribution in [0.3, 0.4) is 0 Å². The van der Waals surface area contributed by atoms with Crippen LogP contribution in [0.4, 0.5) is 4.39 Å². The van der Waals surface area contributed by atoms with Gasteiger partial charge in [0.2, 0.25) is 0 Å². The fourth-order valence-electron chi connectivity index (χ4n) is 3.95. The molecule has 1 saturated heterocycles. The van der Waals surface area contributed by atoms with E-state index in [0.29, 0.717) is 38.4 Å². The van der Waals surface area contributed by atoms with Crippen molar-refractivity contribution >= 4 is 5.97 Å². The van der Waals surface area contributed by atoms with Crippen molar-refractivity contribution in [3.63, 3.8) is 0 Å². The van der Waals surface area contributed by atoms with E-state index in [-0.39, 0.29) is 23.8 Å². The number of benzene rings is 3. The monoisotopic (exact) mass is 434 g/mol. The maximum Gasteiger partial charge on any atom is 0.309 e. The minimum absolute atomic E-state index is 0.138. The molecule has 1 fully saturated rings. The third-order valence-electron chi connectivity index (χ3n) is 5.64. The third kappa shape index (κ3) is 5.54. The van der Waals surface area contributed by atoms with Gasteiger partial charge in [0.15, 0.2) is 0 Å². The molecule has 0 aromatic heterocycles. The molecule has 3 aromatic carbocycles. The van der Waals surface area contributed by atoms with Gasteiger partial charge in [-0.1, -0.05) is 54.6 Å². The molecule has 32 heavy (non-hydrogen) atoms. The summed E-state index contributed by atoms with van der Waals surface area (Å²) in [6.45, 7) is 3.11. The quantitative estimate of drug-likeness (QED) is 0.421. The van der Waals surface area contributed by atoms with E-state index in [1.54, 1.807) is 0 Å². The second kappa shape index (κ2) is 10.4. The number of hydrogen-bond acceptors (Lipinski definition) is 4. The van der Waals surface area contributed by atoms with E-state index in [4.69, 9.17) is 14.2 Å². The van der Waals surface area contributed by atoms with Crippen molar-refractivity contribution in [3.05, 3.63) is 89.7 Å². The number of rotatable bonds is 7. The lowest BCUT2D eigenvalue weighted by atomic mass is 9.91. The first-order valence-corrected chi connectivity index (χ1v) is 11.0. The zero-order valence-electron chi connectivity index (χ0n) is 18.1. The van der Waals surface area contributed by atoms with Crippen molar-refractivity contribution in [1.82, 2.24) is 0 Å². The molecule has 0 N–H and O–H groups in total. The Balaban J connectivity index is 1.45. The minimum Gasteiger partial charge on any atom is -0.489 e. The molecule has 4 nitrogen and oxygen atoms in total. The summed E-state index contributed by atoms with van der Waals surface area (Å²) in [5.41, 5.74) is 3.65. The zero-order valence-corrected chi connectivity index (χ0v) is 18.1. The van der Waals surface area contributed by atoms with E-state index in [0.717, 1.165) is 22.3 Å². The van der Waals surface area contributed by atoms with Gasteiger partial charge >= 0.3 is 5.97 Å². The van der Waals surface area contributed by atoms with Gasteiger partial charge in [-0.2, -0.15) is 0 Å². The van der Waals surface area contributed by atoms with Gasteiger partial charge in [0.1, 0.15) is 18.2 Å². The summed E-state index contributed by atoms with van der Waals surface area (Å²) >= 11 is 0. The van der Waals surface area contributed by atoms with E-state index in [2.05, 4.69) is 0 Å². The van der Waals surface area contributed by atoms with Gasteiger partial charge in [0, 0.05) is 12.7 Å². The average molecular weight is 435 g/mol. The summed E-state index contributed by atoms with van der Waals surface area (Å²) in [5, 5.41) is 0. The van der Waals surface area contributed by atoms with Crippen LogP contribution in [0, 0.1) is 11.7 Å². The maximum absolute atomic E-state index is 14.2. The standard InChI is InChI=1S/C27H27FO4/c1-2-30-27(29)22-12-13-31-26(16-22)21-10-8-20(9-11-21)23-14-24(28)17-25(15-23)32-18-19-6-4-3-5-7-19/h3-11,14-15,17,22,26H,2,12-13,16,18H2,1H3. The normalized spacial score (nSPS) is 18.2. The van der Waals surface area contributed by atoms with Crippen LogP contribution in [0.2, 0.25) is 0 Å². The molecule has 0 amide bonds. The Bertz CT molecular complexity index is 1030. The van der Waals surface area contributed by atoms with E-state index >= 15 is 0 Å². The van der Waals surface area contributed by atoms with Crippen molar-refractivity contribution < 1.29 is 23.4 Å². The molecule has 1 heterocycles. The lowest BCUT2D eigenvalue weighted by molar-refractivity contribution is -0.153. The van der Waals surface area contributed by atoms with Crippen molar-refractivity contribution in [3.8, 4) is 16.9 Å². The first-order valence-electron chi connectivity index (χ1n) is 11.0. The van der Waals surface area contributed by atoms with Crippen molar-refractivity contribution in [2.45, 2.75) is 32.5 Å². The van der Waals surface area contributed by atoms with Crippen LogP contribution < -0.4 is 4.74 Å². The molecule has 0 radical (unpaired) electrons. The highest BCUT2D eigenvalue weighted by Gasteiger charge is 2.29. The predicted molar refractivity (Wildman–Crippen MR) is 121 cm³/mol. The number of ether oxygens (including phenoxy) is 3. The highest BCUT2D eigenvalue weighted by molar-refractivity contribution is 5.72. The lowest BCUT2D eigenvalue weighted by Gasteiger charge is -2.28. The summed E-state index contributed by atoms with van der Waals surface area (Å²) in [4.78, 5) is 12.1. The summed E-state index contributed by atoms with van der Waals surface area (Å²) in [7, 11) is 0. The average Bonchev–Trinajstić information content (AvgIpc) is 2.83. The van der Waals surface area contributed by atoms with Gasteiger partial charge in [-0.05, 0) is 54.2 Å². The van der Waals surface area contributed by atoms with Crippen molar-refractivity contribution in [2.24, 2.45) is 5.92 Å². The van der Waals surface area contributed by atoms with E-state index in [9.17, 15) is 9.18 Å². The molecule has 4 rings (SSSR count). The van der Waals surface area contributed by atoms with Gasteiger partial charge in [-0.25, -0.2) is 4.39 Å². The van der Waals surface area contributed by atoms with Crippen LogP contribution >= 0.6 is 0 Å². The Labute approximate surface area is 187 Å². The molecule has 166 valence electrons. The molecular formula is C27H27FO4. The molecule has 2 unspecified atom stereocenters. The van der Waals surface area contributed by atoms with Crippen molar-refractivity contribution in [1.29, 1.82) is 0 Å². The van der Waals surface area contributed by atoms with Crippen LogP contribution in [0.25, 0.3) is 11.1 Å². The van der Waals surface area contributed by atoms with Gasteiger partial charge in [0.25, 0.3) is 0 Å². The predicted octanol–water partition coefficient (Wildman–Crippen LogP) is 6.10. The summed E-state index contributed by atoms with van der Waals surface area (Å²) < 4.78 is 31.1. The molecule has 1 aliphatic heterocycles. The Morgan fingerprint density at radius 2 is 1.81 bits per heavy atom. The molecule has 0 bridgehead atoms. The number of carbonyl (C=O) groups is 1. The van der Waals surface area contributed by atoms with Gasteiger partial charge in [0.05, 0.1) is 18.6 Å². The molecule has 1 aliphatic rings. The zero-order chi connectivity index (χ0) is 22.3. The first kappa shape index (κ1) is 22.0. The highest BCUT2D eigenvalue weighted by atomic mass is 19.1. The molecule has 0 saturated carbocycles. The van der Waals surface area contributed by atoms with Crippen LogP contribution in [-0.2, 0) is 20.9 Å². The van der Waals surface area contributed by atoms with Gasteiger partial charge < -0.3 is 14.2 Å². The topological polar surface area (TPSA) is 44.8 Å². The number of hydrogen-bond donors (Lipinski definition) is 0. The van der Waals surface area contributed by atoms with Crippen LogP contribution in [-0.4, -0.2) is 19.2 Å². The number of halogens is 1. The summed E-state index contributed by atoms with van der Waals surface area (Å²) in [6.07, 6.45) is 1.14. The Morgan fingerprint density at radius 3 is 2.56 bits per heavy atom. The lowest BCUT2D eigenvalue weighted by Crippen LogP contribution is -2.27. The van der Waals surface area contributed by atoms with Crippen LogP contribution in [0.15, 0.2) is 72.8 Å². The fraction of sp³-hybridized carbons (Fsp3) is 0.296. The van der Waals surface area contributed by atoms with Crippen LogP contribution in [0.1, 0.15) is 37.0 Å². The second-order valence-corrected chi connectivity index (χ2v) is 7.90. The van der Waals surface area contributed by atoms with Crippen molar-refractivity contribution in [2.75, 3.05) is 13.2 Å². The van der Waals surface area contributed by atoms with Gasteiger partial charge in [-0.15, -0.1) is 0 Å². The summed E-state index contributed by atoms with van der Waals surface area (Å²) in [5.74, 6) is -0.149. The Morgan fingerprint density at radius 1 is 1.03 bits per heavy atom. The number of esters is 1. The smallest absolute Gasteiger partial charge is 0.309 e. The largest absolute Gasteiger partial charge is 0.489 e. The van der Waals surface area contributed by atoms with E-state index in [1.807, 2.05) is 67.6 Å². The molecule has 5 heteroatoms. The van der Waals surface area contributed by atoms with Gasteiger partial charge in [-0.3, -0.25) is 4.79 Å². The highest BCUT2D eigenvalue weighted by Crippen LogP contribution is 2.34.